The molecule has 0 saturated heterocycles. The summed E-state index contributed by atoms with van der Waals surface area (Å²) in [5, 5.41) is 9.90. The van der Waals surface area contributed by atoms with Crippen molar-refractivity contribution < 1.29 is 4.39 Å². The van der Waals surface area contributed by atoms with Gasteiger partial charge in [-0.3, -0.25) is 14.5 Å². The SMILES string of the molecule is CN1Cc2cc(Cl)ccc2-n2c(nnc2[C@H]2CC[C@H](C3C=CC=NC3F)CC2)C1. The molecule has 7 heteroatoms. The van der Waals surface area contributed by atoms with Gasteiger partial charge >= 0.3 is 0 Å². The smallest absolute Gasteiger partial charge is 0.196 e. The second-order valence-corrected chi connectivity index (χ2v) is 8.94. The number of hydrogen-bond acceptors (Lipinski definition) is 4. The lowest BCUT2D eigenvalue weighted by Crippen LogP contribution is -2.28. The molecule has 2 aromatic rings. The lowest BCUT2D eigenvalue weighted by Gasteiger charge is -2.33. The zero-order valence-electron chi connectivity index (χ0n) is 16.5. The maximum atomic E-state index is 14.2. The highest BCUT2D eigenvalue weighted by atomic mass is 35.5. The first-order valence-corrected chi connectivity index (χ1v) is 10.7. The highest BCUT2D eigenvalue weighted by Crippen LogP contribution is 2.42. The molecule has 0 bridgehead atoms. The molecule has 5 nitrogen and oxygen atoms in total. The summed E-state index contributed by atoms with van der Waals surface area (Å²) in [4.78, 5) is 6.18. The molecule has 2 aliphatic heterocycles. The normalized spacial score (nSPS) is 29.3. The van der Waals surface area contributed by atoms with Crippen molar-refractivity contribution in [3.63, 3.8) is 0 Å². The molecule has 1 aromatic carbocycles. The van der Waals surface area contributed by atoms with Crippen molar-refractivity contribution >= 4 is 17.8 Å². The number of allylic oxidation sites excluding steroid dienone is 1. The molecule has 5 rings (SSSR count). The Morgan fingerprint density at radius 1 is 1.10 bits per heavy atom. The third-order valence-electron chi connectivity index (χ3n) is 6.54. The van der Waals surface area contributed by atoms with Gasteiger partial charge in [0.25, 0.3) is 0 Å². The first-order chi connectivity index (χ1) is 14.1. The summed E-state index contributed by atoms with van der Waals surface area (Å²) in [6, 6.07) is 6.06. The number of rotatable bonds is 2. The maximum Gasteiger partial charge on any atom is 0.196 e. The summed E-state index contributed by atoms with van der Waals surface area (Å²) in [5.74, 6) is 2.60. The van der Waals surface area contributed by atoms with E-state index in [2.05, 4.69) is 37.8 Å². The molecule has 1 aromatic heterocycles. The molecule has 1 aliphatic carbocycles. The highest BCUT2D eigenvalue weighted by molar-refractivity contribution is 6.30. The molecule has 3 heterocycles. The van der Waals surface area contributed by atoms with E-state index in [1.165, 1.54) is 5.56 Å². The van der Waals surface area contributed by atoms with Gasteiger partial charge in [-0.1, -0.05) is 17.7 Å². The molecule has 29 heavy (non-hydrogen) atoms. The molecule has 2 unspecified atom stereocenters. The first kappa shape index (κ1) is 18.9. The van der Waals surface area contributed by atoms with Gasteiger partial charge in [-0.25, -0.2) is 4.39 Å². The molecule has 3 aliphatic rings. The van der Waals surface area contributed by atoms with Gasteiger partial charge in [-0.2, -0.15) is 0 Å². The second kappa shape index (κ2) is 7.65. The summed E-state index contributed by atoms with van der Waals surface area (Å²) in [7, 11) is 2.09. The minimum atomic E-state index is -1.10. The van der Waals surface area contributed by atoms with Crippen molar-refractivity contribution in [1.29, 1.82) is 0 Å². The van der Waals surface area contributed by atoms with Crippen LogP contribution in [0.2, 0.25) is 5.02 Å². The third kappa shape index (κ3) is 3.53. The Kier molecular flexibility index (Phi) is 5.00. The number of fused-ring (bicyclic) bond motifs is 3. The van der Waals surface area contributed by atoms with Gasteiger partial charge in [0, 0.05) is 29.6 Å². The zero-order valence-corrected chi connectivity index (χ0v) is 17.3. The minimum Gasteiger partial charge on any atom is -0.295 e. The molecule has 152 valence electrons. The first-order valence-electron chi connectivity index (χ1n) is 10.4. The number of alkyl halides is 1. The number of aromatic nitrogens is 3. The quantitative estimate of drug-likeness (QED) is 0.671. The Labute approximate surface area is 175 Å². The number of halogens is 2. The van der Waals surface area contributed by atoms with Gasteiger partial charge in [0.15, 0.2) is 12.1 Å². The van der Waals surface area contributed by atoms with Crippen molar-refractivity contribution in [2.45, 2.75) is 51.0 Å². The molecule has 0 radical (unpaired) electrons. The summed E-state index contributed by atoms with van der Waals surface area (Å²) in [6.45, 7) is 1.58. The number of benzene rings is 1. The average molecular weight is 414 g/mol. The van der Waals surface area contributed by atoms with Gasteiger partial charge < -0.3 is 0 Å². The largest absolute Gasteiger partial charge is 0.295 e. The van der Waals surface area contributed by atoms with Gasteiger partial charge in [0.05, 0.1) is 12.2 Å². The zero-order chi connectivity index (χ0) is 20.0. The van der Waals surface area contributed by atoms with Crippen molar-refractivity contribution in [2.75, 3.05) is 7.05 Å². The van der Waals surface area contributed by atoms with Crippen molar-refractivity contribution in [3.05, 3.63) is 52.6 Å². The lowest BCUT2D eigenvalue weighted by molar-refractivity contribution is 0.166. The van der Waals surface area contributed by atoms with E-state index in [1.807, 2.05) is 24.3 Å². The summed E-state index contributed by atoms with van der Waals surface area (Å²) in [6.07, 6.45) is 8.32. The van der Waals surface area contributed by atoms with Crippen LogP contribution < -0.4 is 0 Å². The fourth-order valence-electron chi connectivity index (χ4n) is 5.09. The summed E-state index contributed by atoms with van der Waals surface area (Å²) in [5.41, 5.74) is 2.32. The van der Waals surface area contributed by atoms with Crippen LogP contribution in [0.3, 0.4) is 0 Å². The Morgan fingerprint density at radius 2 is 1.93 bits per heavy atom. The fraction of sp³-hybridized carbons (Fsp3) is 0.500. The Balaban J connectivity index is 1.41. The van der Waals surface area contributed by atoms with E-state index < -0.39 is 6.30 Å². The molecule has 2 atom stereocenters. The lowest BCUT2D eigenvalue weighted by atomic mass is 9.74. The standard InChI is InChI=1S/C22H25ClFN5/c1-28-12-16-11-17(23)8-9-19(16)29-20(13-28)26-27-22(29)15-6-4-14(5-7-15)18-3-2-10-25-21(18)24/h2-3,8-11,14-15,18,21H,4-7,12-13H2,1H3/t14-,15-,18?,21?. The van der Waals surface area contributed by atoms with E-state index >= 15 is 0 Å². The van der Waals surface area contributed by atoms with Crippen LogP contribution in [0.25, 0.3) is 5.69 Å². The van der Waals surface area contributed by atoms with Crippen LogP contribution >= 0.6 is 11.6 Å². The molecular weight excluding hydrogens is 389 g/mol. The number of nitrogens with zero attached hydrogens (tertiary/aromatic N) is 5. The van der Waals surface area contributed by atoms with E-state index in [1.54, 1.807) is 6.21 Å². The van der Waals surface area contributed by atoms with Crippen LogP contribution in [0.4, 0.5) is 4.39 Å². The number of aliphatic imine (C=N–C) groups is 1. The van der Waals surface area contributed by atoms with E-state index in [0.29, 0.717) is 11.8 Å². The van der Waals surface area contributed by atoms with E-state index in [0.717, 1.165) is 61.1 Å². The maximum absolute atomic E-state index is 14.2. The van der Waals surface area contributed by atoms with E-state index in [-0.39, 0.29) is 5.92 Å². The summed E-state index contributed by atoms with van der Waals surface area (Å²) < 4.78 is 16.5. The monoisotopic (exact) mass is 413 g/mol. The molecular formula is C22H25ClFN5. The minimum absolute atomic E-state index is 0.0898. The van der Waals surface area contributed by atoms with Gasteiger partial charge in [-0.05, 0) is 68.5 Å². The average Bonchev–Trinajstić information content (AvgIpc) is 3.06. The highest BCUT2D eigenvalue weighted by Gasteiger charge is 2.35. The van der Waals surface area contributed by atoms with Crippen LogP contribution in [-0.2, 0) is 13.1 Å². The predicted octanol–water partition coefficient (Wildman–Crippen LogP) is 4.69. The molecule has 1 saturated carbocycles. The molecule has 0 amide bonds. The van der Waals surface area contributed by atoms with Gasteiger partial charge in [0.1, 0.15) is 5.82 Å². The Bertz CT molecular complexity index is 960. The van der Waals surface area contributed by atoms with Gasteiger partial charge in [0.2, 0.25) is 0 Å². The van der Waals surface area contributed by atoms with E-state index in [4.69, 9.17) is 11.6 Å². The summed E-state index contributed by atoms with van der Waals surface area (Å²) >= 11 is 6.26. The van der Waals surface area contributed by atoms with Crippen molar-refractivity contribution in [3.8, 4) is 5.69 Å². The number of hydrogen-bond donors (Lipinski definition) is 0. The van der Waals surface area contributed by atoms with Crippen LogP contribution in [0, 0.1) is 11.8 Å². The van der Waals surface area contributed by atoms with Crippen LogP contribution in [0.5, 0.6) is 0 Å². The van der Waals surface area contributed by atoms with E-state index in [9.17, 15) is 4.39 Å². The molecule has 0 N–H and O–H groups in total. The van der Waals surface area contributed by atoms with Crippen LogP contribution in [0.15, 0.2) is 35.3 Å². The van der Waals surface area contributed by atoms with Crippen LogP contribution in [0.1, 0.15) is 48.8 Å². The van der Waals surface area contributed by atoms with Crippen molar-refractivity contribution in [1.82, 2.24) is 19.7 Å². The fourth-order valence-corrected chi connectivity index (χ4v) is 5.29. The Morgan fingerprint density at radius 3 is 2.72 bits per heavy atom. The van der Waals surface area contributed by atoms with Crippen LogP contribution in [-0.4, -0.2) is 39.2 Å². The van der Waals surface area contributed by atoms with Gasteiger partial charge in [-0.15, -0.1) is 10.2 Å². The number of dihydropyridines is 1. The van der Waals surface area contributed by atoms with Crippen molar-refractivity contribution in [2.24, 2.45) is 16.8 Å². The predicted molar refractivity (Wildman–Crippen MR) is 112 cm³/mol. The third-order valence-corrected chi connectivity index (χ3v) is 6.77. The second-order valence-electron chi connectivity index (χ2n) is 8.50. The molecule has 1 fully saturated rings. The molecule has 0 spiro atoms. The Hall–Kier alpha value is -2.05. The topological polar surface area (TPSA) is 46.3 Å².